The average molecular weight is 818 g/mol. The van der Waals surface area contributed by atoms with Gasteiger partial charge in [0.1, 0.15) is 12.6 Å². The summed E-state index contributed by atoms with van der Waals surface area (Å²) in [5.74, 6) is -0.794. The quantitative estimate of drug-likeness (QED) is 0.111. The Morgan fingerprint density at radius 1 is 0.787 bits per heavy atom. The normalized spacial score (nSPS) is 20.9. The molecule has 6 aromatic carbocycles. The molecule has 0 bridgehead atoms. The van der Waals surface area contributed by atoms with E-state index >= 15 is 0 Å². The van der Waals surface area contributed by atoms with E-state index in [0.29, 0.717) is 6.54 Å². The second kappa shape index (κ2) is 18.6. The number of fused-ring (bicyclic) bond motifs is 1. The van der Waals surface area contributed by atoms with Crippen LogP contribution in [0, 0.1) is 5.92 Å². The number of benzene rings is 6. The molecule has 0 radical (unpaired) electrons. The standard InChI is InChI=1S/C51H51N3O7/c1-33-46(30-53(3)34(2)42-25-22-38-13-7-8-14-44(38)27-42)60-50(61-48(33)40-18-16-35(31-55)17-19-40)41-23-20-39(21-24-41)43-15-9-12-37(26-43)29-54-47(56)28-45(49(54)57)52-51(58)59-32-36-10-5-4-6-11-36/h4-27,33-34,45-46,48,50,55H,28-32H2,1-3H3,(H,52,58). The number of hydrogen-bond acceptors (Lipinski definition) is 8. The molecule has 2 N–H and O–H groups in total. The topological polar surface area (TPSA) is 118 Å². The molecule has 6 unspecified atom stereocenters. The summed E-state index contributed by atoms with van der Waals surface area (Å²) in [6.07, 6.45) is -1.90. The van der Waals surface area contributed by atoms with E-state index in [2.05, 4.69) is 73.6 Å². The summed E-state index contributed by atoms with van der Waals surface area (Å²) >= 11 is 0. The van der Waals surface area contributed by atoms with Crippen molar-refractivity contribution < 1.29 is 33.7 Å². The van der Waals surface area contributed by atoms with Crippen molar-refractivity contribution >= 4 is 28.7 Å². The molecule has 2 saturated heterocycles. The second-order valence-corrected chi connectivity index (χ2v) is 16.1. The van der Waals surface area contributed by atoms with Crippen molar-refractivity contribution in [3.8, 4) is 11.1 Å². The van der Waals surface area contributed by atoms with Gasteiger partial charge in [-0.1, -0.05) is 140 Å². The van der Waals surface area contributed by atoms with Crippen LogP contribution in [0.3, 0.4) is 0 Å². The SMILES string of the molecule is CC1C(CN(C)C(C)c2ccc3ccccc3c2)OC(c2ccc(-c3cccc(CN4C(=O)CC(NC(=O)OCc5ccccc5)C4=O)c3)cc2)OC1c1ccc(CO)cc1. The van der Waals surface area contributed by atoms with Crippen molar-refractivity contribution in [1.82, 2.24) is 15.1 Å². The van der Waals surface area contributed by atoms with Crippen LogP contribution in [-0.4, -0.2) is 58.6 Å². The Labute approximate surface area is 356 Å². The highest BCUT2D eigenvalue weighted by molar-refractivity contribution is 6.06. The Kier molecular flexibility index (Phi) is 12.7. The Bertz CT molecular complexity index is 2480. The van der Waals surface area contributed by atoms with E-state index in [1.807, 2.05) is 103 Å². The summed E-state index contributed by atoms with van der Waals surface area (Å²) in [6, 6.07) is 47.3. The maximum Gasteiger partial charge on any atom is 0.408 e. The Morgan fingerprint density at radius 3 is 2.25 bits per heavy atom. The van der Waals surface area contributed by atoms with Gasteiger partial charge < -0.3 is 24.6 Å². The summed E-state index contributed by atoms with van der Waals surface area (Å²) in [6.45, 7) is 5.21. The molecule has 6 atom stereocenters. The largest absolute Gasteiger partial charge is 0.445 e. The molecular weight excluding hydrogens is 767 g/mol. The maximum atomic E-state index is 13.3. The summed E-state index contributed by atoms with van der Waals surface area (Å²) in [5, 5.41) is 14.7. The molecule has 0 saturated carbocycles. The molecule has 0 aliphatic carbocycles. The number of ether oxygens (including phenoxy) is 3. The number of likely N-dealkylation sites (tertiary alicyclic amines) is 1. The van der Waals surface area contributed by atoms with Crippen molar-refractivity contribution in [2.45, 2.75) is 70.6 Å². The van der Waals surface area contributed by atoms with Crippen LogP contribution in [0.2, 0.25) is 0 Å². The zero-order valence-electron chi connectivity index (χ0n) is 34.6. The lowest BCUT2D eigenvalue weighted by molar-refractivity contribution is -0.276. The number of carbonyl (C=O) groups excluding carboxylic acids is 3. The molecule has 2 aliphatic rings. The molecule has 10 nitrogen and oxygen atoms in total. The molecule has 10 heteroatoms. The first-order valence-corrected chi connectivity index (χ1v) is 20.8. The Balaban J connectivity index is 0.948. The van der Waals surface area contributed by atoms with Crippen LogP contribution in [0.25, 0.3) is 21.9 Å². The van der Waals surface area contributed by atoms with Gasteiger partial charge in [-0.25, -0.2) is 4.79 Å². The minimum Gasteiger partial charge on any atom is -0.445 e. The van der Waals surface area contributed by atoms with Crippen LogP contribution in [0.4, 0.5) is 4.79 Å². The zero-order chi connectivity index (χ0) is 42.5. The first-order chi connectivity index (χ1) is 29.6. The predicted octanol–water partition coefficient (Wildman–Crippen LogP) is 9.04. The fourth-order valence-electron chi connectivity index (χ4n) is 8.23. The van der Waals surface area contributed by atoms with Crippen molar-refractivity contribution in [2.24, 2.45) is 5.92 Å². The van der Waals surface area contributed by atoms with Crippen LogP contribution in [0.15, 0.2) is 146 Å². The highest BCUT2D eigenvalue weighted by Gasteiger charge is 2.41. The number of alkyl carbamates (subject to hydrolysis) is 1. The first kappa shape index (κ1) is 41.6. The molecule has 6 aromatic rings. The molecule has 312 valence electrons. The number of amides is 3. The molecule has 2 fully saturated rings. The molecule has 2 aliphatic heterocycles. The summed E-state index contributed by atoms with van der Waals surface area (Å²) in [4.78, 5) is 42.2. The van der Waals surface area contributed by atoms with Crippen LogP contribution in [-0.2, 0) is 43.6 Å². The Morgan fingerprint density at radius 2 is 1.49 bits per heavy atom. The summed E-state index contributed by atoms with van der Waals surface area (Å²) in [7, 11) is 2.14. The minimum atomic E-state index is -0.980. The van der Waals surface area contributed by atoms with Crippen molar-refractivity contribution in [1.29, 1.82) is 0 Å². The van der Waals surface area contributed by atoms with Gasteiger partial charge in [0, 0.05) is 24.1 Å². The third-order valence-corrected chi connectivity index (χ3v) is 12.0. The van der Waals surface area contributed by atoms with Gasteiger partial charge in [0.2, 0.25) is 5.91 Å². The molecule has 3 amide bonds. The summed E-state index contributed by atoms with van der Waals surface area (Å²) < 4.78 is 18.9. The maximum absolute atomic E-state index is 13.3. The monoisotopic (exact) mass is 817 g/mol. The first-order valence-electron chi connectivity index (χ1n) is 20.8. The van der Waals surface area contributed by atoms with Gasteiger partial charge in [-0.3, -0.25) is 19.4 Å². The molecule has 2 heterocycles. The highest BCUT2D eigenvalue weighted by Crippen LogP contribution is 2.42. The van der Waals surface area contributed by atoms with Crippen molar-refractivity contribution in [2.75, 3.05) is 13.6 Å². The number of likely N-dealkylation sites (N-methyl/N-ethyl adjacent to an activating group) is 1. The molecule has 61 heavy (non-hydrogen) atoms. The van der Waals surface area contributed by atoms with E-state index < -0.39 is 24.3 Å². The van der Waals surface area contributed by atoms with E-state index in [1.54, 1.807) is 0 Å². The smallest absolute Gasteiger partial charge is 0.408 e. The van der Waals surface area contributed by atoms with Gasteiger partial charge in [0.15, 0.2) is 6.29 Å². The van der Waals surface area contributed by atoms with Crippen LogP contribution in [0.5, 0.6) is 0 Å². The van der Waals surface area contributed by atoms with Gasteiger partial charge in [-0.2, -0.15) is 0 Å². The second-order valence-electron chi connectivity index (χ2n) is 16.1. The number of imide groups is 1. The molecule has 0 spiro atoms. The van der Waals surface area contributed by atoms with Gasteiger partial charge in [0.05, 0.1) is 31.8 Å². The van der Waals surface area contributed by atoms with E-state index in [4.69, 9.17) is 14.2 Å². The number of rotatable bonds is 13. The van der Waals surface area contributed by atoms with E-state index in [1.165, 1.54) is 21.2 Å². The fraction of sp³-hybridized carbons (Fsp3) is 0.275. The number of carbonyl (C=O) groups is 3. The molecular formula is C51H51N3O7. The van der Waals surface area contributed by atoms with E-state index in [0.717, 1.165) is 38.9 Å². The van der Waals surface area contributed by atoms with Crippen LogP contribution in [0.1, 0.15) is 72.1 Å². The number of hydrogen-bond donors (Lipinski definition) is 2. The lowest BCUT2D eigenvalue weighted by atomic mass is 9.89. The average Bonchev–Trinajstić information content (AvgIpc) is 3.55. The molecule has 0 aromatic heterocycles. The van der Waals surface area contributed by atoms with Crippen LogP contribution < -0.4 is 5.32 Å². The lowest BCUT2D eigenvalue weighted by Crippen LogP contribution is -2.44. The summed E-state index contributed by atoms with van der Waals surface area (Å²) in [5.41, 5.74) is 7.47. The number of aliphatic hydroxyl groups excluding tert-OH is 1. The van der Waals surface area contributed by atoms with Gasteiger partial charge in [-0.05, 0) is 75.8 Å². The third-order valence-electron chi connectivity index (χ3n) is 12.0. The Hall–Kier alpha value is -6.17. The van der Waals surface area contributed by atoms with Gasteiger partial charge in [0.25, 0.3) is 5.91 Å². The number of nitrogens with one attached hydrogen (secondary N) is 1. The highest BCUT2D eigenvalue weighted by atomic mass is 16.7. The van der Waals surface area contributed by atoms with E-state index in [9.17, 15) is 19.5 Å². The van der Waals surface area contributed by atoms with Gasteiger partial charge >= 0.3 is 6.09 Å². The fourth-order valence-corrected chi connectivity index (χ4v) is 8.23. The third kappa shape index (κ3) is 9.58. The van der Waals surface area contributed by atoms with E-state index in [-0.39, 0.29) is 56.3 Å². The van der Waals surface area contributed by atoms with Crippen molar-refractivity contribution in [3.63, 3.8) is 0 Å². The lowest BCUT2D eigenvalue weighted by Gasteiger charge is -2.43. The number of aliphatic hydroxyl groups is 1. The zero-order valence-corrected chi connectivity index (χ0v) is 34.6. The van der Waals surface area contributed by atoms with Gasteiger partial charge in [-0.15, -0.1) is 0 Å². The minimum absolute atomic E-state index is 0.0250. The predicted molar refractivity (Wildman–Crippen MR) is 234 cm³/mol. The number of nitrogens with zero attached hydrogens (tertiary/aromatic N) is 2. The molecule has 8 rings (SSSR count). The van der Waals surface area contributed by atoms with Crippen LogP contribution >= 0.6 is 0 Å². The van der Waals surface area contributed by atoms with Crippen molar-refractivity contribution in [3.05, 3.63) is 179 Å².